The summed E-state index contributed by atoms with van der Waals surface area (Å²) in [6, 6.07) is 49.4. The summed E-state index contributed by atoms with van der Waals surface area (Å²) in [6.45, 7) is 6.71. The molecule has 9 aromatic rings. The van der Waals surface area contributed by atoms with E-state index in [1.165, 1.54) is 5.56 Å². The number of hydrogen-bond acceptors (Lipinski definition) is 4. The second-order valence-electron chi connectivity index (χ2n) is 14.1. The van der Waals surface area contributed by atoms with Crippen LogP contribution in [0.3, 0.4) is 0 Å². The van der Waals surface area contributed by atoms with Crippen LogP contribution in [0.5, 0.6) is 5.75 Å². The van der Waals surface area contributed by atoms with Crippen LogP contribution in [0, 0.1) is 0 Å². The fraction of sp³-hybridized carbons (Fsp3) is 0.0870. The van der Waals surface area contributed by atoms with Crippen molar-refractivity contribution in [3.05, 3.63) is 157 Å². The van der Waals surface area contributed by atoms with Gasteiger partial charge in [0.25, 0.3) is 0 Å². The Kier molecular flexibility index (Phi) is 7.11. The molecule has 246 valence electrons. The number of rotatable bonds is 5. The molecule has 1 N–H and O–H groups in total. The van der Waals surface area contributed by atoms with E-state index in [-0.39, 0.29) is 11.2 Å². The first-order valence-corrected chi connectivity index (χ1v) is 17.2. The van der Waals surface area contributed by atoms with E-state index in [4.69, 9.17) is 14.4 Å². The number of pyridine rings is 1. The molecule has 0 fully saturated rings. The molecule has 5 nitrogen and oxygen atoms in total. The monoisotopic (exact) mass is 661 g/mol. The van der Waals surface area contributed by atoms with E-state index in [0.29, 0.717) is 11.4 Å². The molecule has 6 aromatic carbocycles. The molecule has 0 amide bonds. The van der Waals surface area contributed by atoms with Crippen LogP contribution < -0.4 is 0 Å². The summed E-state index contributed by atoms with van der Waals surface area (Å²) in [5.41, 5.74) is 12.3. The van der Waals surface area contributed by atoms with E-state index >= 15 is 0 Å². The van der Waals surface area contributed by atoms with Crippen LogP contribution in [0.15, 0.2) is 156 Å². The van der Waals surface area contributed by atoms with Gasteiger partial charge < -0.3 is 9.52 Å². The zero-order valence-corrected chi connectivity index (χ0v) is 28.6. The SMILES string of the molecule is CC(C)(C)c1ccc(-n2c(-c3ccccc3O)nc3c(-c4cccc(-c5cc6oc7ccccc7c6cn5)c4)cccc32)c(-c2ccccc2)c1. The van der Waals surface area contributed by atoms with E-state index in [1.807, 2.05) is 54.7 Å². The van der Waals surface area contributed by atoms with Gasteiger partial charge in [-0.2, -0.15) is 0 Å². The molecular weight excluding hydrogens is 627 g/mol. The average Bonchev–Trinajstić information content (AvgIpc) is 3.73. The molecule has 0 aliphatic rings. The maximum Gasteiger partial charge on any atom is 0.149 e. The van der Waals surface area contributed by atoms with Crippen molar-refractivity contribution in [3.8, 4) is 56.3 Å². The number of phenolic OH excluding ortho intramolecular Hbond substituents is 1. The fourth-order valence-corrected chi connectivity index (χ4v) is 7.09. The lowest BCUT2D eigenvalue weighted by Gasteiger charge is -2.23. The maximum absolute atomic E-state index is 11.2. The first-order chi connectivity index (χ1) is 24.8. The predicted molar refractivity (Wildman–Crippen MR) is 208 cm³/mol. The Morgan fingerprint density at radius 3 is 2.16 bits per heavy atom. The van der Waals surface area contributed by atoms with Crippen molar-refractivity contribution in [3.63, 3.8) is 0 Å². The molecular formula is C46H35N3O2. The van der Waals surface area contributed by atoms with Gasteiger partial charge in [-0.05, 0) is 64.6 Å². The highest BCUT2D eigenvalue weighted by molar-refractivity contribution is 6.05. The number of imidazole rings is 1. The van der Waals surface area contributed by atoms with Crippen molar-refractivity contribution < 1.29 is 9.52 Å². The summed E-state index contributed by atoms with van der Waals surface area (Å²) in [5.74, 6) is 0.849. The van der Waals surface area contributed by atoms with Gasteiger partial charge in [-0.25, -0.2) is 4.98 Å². The average molecular weight is 662 g/mol. The van der Waals surface area contributed by atoms with Gasteiger partial charge >= 0.3 is 0 Å². The van der Waals surface area contributed by atoms with Gasteiger partial charge in [0, 0.05) is 39.7 Å². The summed E-state index contributed by atoms with van der Waals surface area (Å²) < 4.78 is 8.39. The number of furan rings is 1. The molecule has 0 saturated heterocycles. The first kappa shape index (κ1) is 30.6. The fourth-order valence-electron chi connectivity index (χ4n) is 7.09. The van der Waals surface area contributed by atoms with Crippen molar-refractivity contribution in [2.24, 2.45) is 0 Å². The van der Waals surface area contributed by atoms with Crippen LogP contribution in [0.25, 0.3) is 83.6 Å². The van der Waals surface area contributed by atoms with Gasteiger partial charge in [-0.1, -0.05) is 118 Å². The number of fused-ring (bicyclic) bond motifs is 4. The van der Waals surface area contributed by atoms with Crippen LogP contribution in [0.4, 0.5) is 0 Å². The summed E-state index contributed by atoms with van der Waals surface area (Å²) >= 11 is 0. The summed E-state index contributed by atoms with van der Waals surface area (Å²) in [6.07, 6.45) is 1.90. The lowest BCUT2D eigenvalue weighted by atomic mass is 9.85. The number of hydrogen-bond donors (Lipinski definition) is 1. The van der Waals surface area contributed by atoms with Crippen molar-refractivity contribution in [2.75, 3.05) is 0 Å². The molecule has 0 spiro atoms. The van der Waals surface area contributed by atoms with Gasteiger partial charge in [0.15, 0.2) is 0 Å². The van der Waals surface area contributed by atoms with Crippen LogP contribution in [0.1, 0.15) is 26.3 Å². The van der Waals surface area contributed by atoms with Crippen molar-refractivity contribution in [2.45, 2.75) is 26.2 Å². The summed E-state index contributed by atoms with van der Waals surface area (Å²) in [5, 5.41) is 13.3. The van der Waals surface area contributed by atoms with Gasteiger partial charge in [0.2, 0.25) is 0 Å². The lowest BCUT2D eigenvalue weighted by molar-refractivity contribution is 0.477. The van der Waals surface area contributed by atoms with E-state index in [9.17, 15) is 5.11 Å². The number of para-hydroxylation sites is 3. The minimum absolute atomic E-state index is 0.0401. The first-order valence-electron chi connectivity index (χ1n) is 17.2. The molecule has 3 aromatic heterocycles. The third-order valence-electron chi connectivity index (χ3n) is 9.75. The Labute approximate surface area is 296 Å². The molecule has 0 atom stereocenters. The highest BCUT2D eigenvalue weighted by Crippen LogP contribution is 2.41. The summed E-state index contributed by atoms with van der Waals surface area (Å²) in [7, 11) is 0. The molecule has 9 rings (SSSR count). The van der Waals surface area contributed by atoms with E-state index < -0.39 is 0 Å². The highest BCUT2D eigenvalue weighted by atomic mass is 16.3. The predicted octanol–water partition coefficient (Wildman–Crippen LogP) is 12.0. The minimum atomic E-state index is -0.0401. The van der Waals surface area contributed by atoms with Crippen molar-refractivity contribution in [1.82, 2.24) is 14.5 Å². The zero-order valence-electron chi connectivity index (χ0n) is 28.6. The van der Waals surface area contributed by atoms with Gasteiger partial charge in [0.05, 0.1) is 28.0 Å². The molecule has 0 aliphatic carbocycles. The largest absolute Gasteiger partial charge is 0.507 e. The molecule has 5 heteroatoms. The molecule has 0 unspecified atom stereocenters. The van der Waals surface area contributed by atoms with Crippen LogP contribution in [-0.2, 0) is 5.41 Å². The van der Waals surface area contributed by atoms with Crippen LogP contribution in [0.2, 0.25) is 0 Å². The standard InChI is InChI=1S/C46H35N3O2/c1-46(2,3)32-23-24-39(36(26-32)29-13-5-4-6-14-29)49-40-20-12-19-33(44(40)48-45(49)35-18-7-9-21-41(35)50)30-15-11-16-31(25-30)38-27-43-37(28-47-38)34-17-8-10-22-42(34)51-43/h4-28,50H,1-3H3. The Hall–Kier alpha value is -6.46. The van der Waals surface area contributed by atoms with Crippen molar-refractivity contribution >= 4 is 33.0 Å². The normalized spacial score (nSPS) is 11.9. The van der Waals surface area contributed by atoms with Crippen LogP contribution >= 0.6 is 0 Å². The number of aromatic hydroxyl groups is 1. The Bertz CT molecular complexity index is 2750. The number of aromatic nitrogens is 3. The van der Waals surface area contributed by atoms with E-state index in [1.54, 1.807) is 6.07 Å². The zero-order chi connectivity index (χ0) is 34.7. The molecule has 0 saturated carbocycles. The highest BCUT2D eigenvalue weighted by Gasteiger charge is 2.23. The quantitative estimate of drug-likeness (QED) is 0.199. The number of benzene rings is 6. The third kappa shape index (κ3) is 5.26. The Balaban J connectivity index is 1.26. The second kappa shape index (κ2) is 11.9. The number of nitrogens with zero attached hydrogens (tertiary/aromatic N) is 3. The van der Waals surface area contributed by atoms with E-state index in [0.717, 1.165) is 72.2 Å². The smallest absolute Gasteiger partial charge is 0.149 e. The van der Waals surface area contributed by atoms with Crippen LogP contribution in [-0.4, -0.2) is 19.6 Å². The lowest BCUT2D eigenvalue weighted by Crippen LogP contribution is -2.12. The Morgan fingerprint density at radius 2 is 1.31 bits per heavy atom. The van der Waals surface area contributed by atoms with Gasteiger partial charge in [0.1, 0.15) is 22.7 Å². The molecule has 0 bridgehead atoms. The van der Waals surface area contributed by atoms with Crippen molar-refractivity contribution in [1.29, 1.82) is 0 Å². The summed E-state index contributed by atoms with van der Waals surface area (Å²) in [4.78, 5) is 10.2. The van der Waals surface area contributed by atoms with Gasteiger partial charge in [-0.3, -0.25) is 9.55 Å². The Morgan fingerprint density at radius 1 is 0.588 bits per heavy atom. The van der Waals surface area contributed by atoms with E-state index in [2.05, 4.69) is 116 Å². The third-order valence-corrected chi connectivity index (χ3v) is 9.75. The topological polar surface area (TPSA) is 64.1 Å². The number of phenols is 1. The minimum Gasteiger partial charge on any atom is -0.507 e. The molecule has 0 radical (unpaired) electrons. The maximum atomic E-state index is 11.2. The molecule has 51 heavy (non-hydrogen) atoms. The molecule has 0 aliphatic heterocycles. The van der Waals surface area contributed by atoms with Gasteiger partial charge in [-0.15, -0.1) is 0 Å². The molecule has 3 heterocycles. The second-order valence-corrected chi connectivity index (χ2v) is 14.1.